The van der Waals surface area contributed by atoms with Crippen LogP contribution < -0.4 is 4.74 Å². The molecule has 20 heavy (non-hydrogen) atoms. The molecule has 1 atom stereocenters. The standard InChI is InChI=1S/C14H12N4O2/c1-2-4-12-10(3-1)6-20-13(7-19-12)18-9-17-14-11(18)5-15-8-16-14/h1-5,8-9,13H,6-7H2. The van der Waals surface area contributed by atoms with E-state index in [9.17, 15) is 0 Å². The van der Waals surface area contributed by atoms with Gasteiger partial charge in [-0.25, -0.2) is 15.0 Å². The van der Waals surface area contributed by atoms with Gasteiger partial charge >= 0.3 is 0 Å². The first-order valence-corrected chi connectivity index (χ1v) is 6.37. The average Bonchev–Trinajstić information content (AvgIpc) is 2.81. The molecule has 1 aliphatic heterocycles. The predicted octanol–water partition coefficient (Wildman–Crippen LogP) is 1.93. The Hall–Kier alpha value is -2.47. The van der Waals surface area contributed by atoms with Gasteiger partial charge in [-0.3, -0.25) is 4.57 Å². The van der Waals surface area contributed by atoms with Gasteiger partial charge in [0, 0.05) is 5.56 Å². The third-order valence-electron chi connectivity index (χ3n) is 3.35. The Morgan fingerprint density at radius 3 is 3.15 bits per heavy atom. The highest BCUT2D eigenvalue weighted by atomic mass is 16.6. The van der Waals surface area contributed by atoms with Gasteiger partial charge in [-0.15, -0.1) is 0 Å². The first-order valence-electron chi connectivity index (χ1n) is 6.37. The van der Waals surface area contributed by atoms with Crippen LogP contribution in [0.5, 0.6) is 5.75 Å². The molecule has 1 unspecified atom stereocenters. The Kier molecular flexibility index (Phi) is 2.60. The van der Waals surface area contributed by atoms with Crippen molar-refractivity contribution in [1.82, 2.24) is 19.5 Å². The summed E-state index contributed by atoms with van der Waals surface area (Å²) in [5, 5.41) is 0. The van der Waals surface area contributed by atoms with Crippen LogP contribution in [0.25, 0.3) is 11.2 Å². The lowest BCUT2D eigenvalue weighted by atomic mass is 10.2. The number of fused-ring (bicyclic) bond motifs is 2. The summed E-state index contributed by atoms with van der Waals surface area (Å²) in [7, 11) is 0. The van der Waals surface area contributed by atoms with Crippen molar-refractivity contribution in [2.24, 2.45) is 0 Å². The zero-order valence-corrected chi connectivity index (χ0v) is 10.6. The molecule has 1 aromatic carbocycles. The molecule has 0 amide bonds. The van der Waals surface area contributed by atoms with E-state index in [0.717, 1.165) is 16.8 Å². The van der Waals surface area contributed by atoms with Gasteiger partial charge in [0.05, 0.1) is 19.1 Å². The lowest BCUT2D eigenvalue weighted by Gasteiger charge is -2.16. The van der Waals surface area contributed by atoms with Gasteiger partial charge in [-0.05, 0) is 6.07 Å². The molecule has 0 saturated carbocycles. The van der Waals surface area contributed by atoms with Crippen molar-refractivity contribution in [3.05, 3.63) is 48.7 Å². The Morgan fingerprint density at radius 1 is 1.20 bits per heavy atom. The SMILES string of the molecule is c1ccc2c(c1)COC(n1cnc3ncncc31)CO2. The number of nitrogens with zero attached hydrogens (tertiary/aromatic N) is 4. The van der Waals surface area contributed by atoms with Crippen LogP contribution >= 0.6 is 0 Å². The van der Waals surface area contributed by atoms with Crippen molar-refractivity contribution >= 4 is 11.2 Å². The van der Waals surface area contributed by atoms with Crippen LogP contribution in [0.4, 0.5) is 0 Å². The molecule has 0 saturated heterocycles. The summed E-state index contributed by atoms with van der Waals surface area (Å²) >= 11 is 0. The van der Waals surface area contributed by atoms with Crippen LogP contribution in [0.3, 0.4) is 0 Å². The molecular weight excluding hydrogens is 256 g/mol. The fourth-order valence-corrected chi connectivity index (χ4v) is 2.33. The number of hydrogen-bond acceptors (Lipinski definition) is 5. The van der Waals surface area contributed by atoms with E-state index in [4.69, 9.17) is 9.47 Å². The molecule has 0 bridgehead atoms. The number of benzene rings is 1. The summed E-state index contributed by atoms with van der Waals surface area (Å²) in [5.74, 6) is 0.871. The lowest BCUT2D eigenvalue weighted by Crippen LogP contribution is -2.17. The molecule has 2 aromatic heterocycles. The maximum Gasteiger partial charge on any atom is 0.180 e. The minimum Gasteiger partial charge on any atom is -0.488 e. The molecule has 6 nitrogen and oxygen atoms in total. The molecule has 1 aliphatic rings. The van der Waals surface area contributed by atoms with Crippen molar-refractivity contribution in [3.8, 4) is 5.75 Å². The molecule has 0 N–H and O–H groups in total. The number of hydrogen-bond donors (Lipinski definition) is 0. The van der Waals surface area contributed by atoms with E-state index >= 15 is 0 Å². The zero-order valence-electron chi connectivity index (χ0n) is 10.6. The minimum absolute atomic E-state index is 0.238. The van der Waals surface area contributed by atoms with Crippen molar-refractivity contribution in [3.63, 3.8) is 0 Å². The Labute approximate surface area is 115 Å². The van der Waals surface area contributed by atoms with E-state index in [1.165, 1.54) is 6.33 Å². The van der Waals surface area contributed by atoms with E-state index in [-0.39, 0.29) is 6.23 Å². The van der Waals surface area contributed by atoms with Gasteiger partial charge in [0.15, 0.2) is 11.9 Å². The zero-order chi connectivity index (χ0) is 13.4. The number of aromatic nitrogens is 4. The summed E-state index contributed by atoms with van der Waals surface area (Å²) in [5.41, 5.74) is 2.55. The lowest BCUT2D eigenvalue weighted by molar-refractivity contribution is -0.0234. The van der Waals surface area contributed by atoms with E-state index in [2.05, 4.69) is 15.0 Å². The van der Waals surface area contributed by atoms with E-state index in [1.54, 1.807) is 12.5 Å². The molecule has 0 spiro atoms. The van der Waals surface area contributed by atoms with Gasteiger partial charge in [-0.2, -0.15) is 0 Å². The quantitative estimate of drug-likeness (QED) is 0.675. The molecule has 0 aliphatic carbocycles. The Morgan fingerprint density at radius 2 is 2.15 bits per heavy atom. The predicted molar refractivity (Wildman–Crippen MR) is 71.1 cm³/mol. The fourth-order valence-electron chi connectivity index (χ4n) is 2.33. The second-order valence-electron chi connectivity index (χ2n) is 4.57. The summed E-state index contributed by atoms with van der Waals surface area (Å²) in [6.45, 7) is 0.936. The highest BCUT2D eigenvalue weighted by Crippen LogP contribution is 2.27. The molecule has 0 radical (unpaired) electrons. The third-order valence-corrected chi connectivity index (χ3v) is 3.35. The van der Waals surface area contributed by atoms with Gasteiger partial charge < -0.3 is 9.47 Å². The van der Waals surface area contributed by atoms with Crippen molar-refractivity contribution in [2.75, 3.05) is 6.61 Å². The first kappa shape index (κ1) is 11.4. The molecule has 6 heteroatoms. The van der Waals surface area contributed by atoms with Crippen LogP contribution in [0.1, 0.15) is 11.8 Å². The van der Waals surface area contributed by atoms with Crippen LogP contribution in [0, 0.1) is 0 Å². The van der Waals surface area contributed by atoms with E-state index < -0.39 is 0 Å². The van der Waals surface area contributed by atoms with Crippen LogP contribution in [-0.2, 0) is 11.3 Å². The van der Waals surface area contributed by atoms with Crippen LogP contribution in [0.2, 0.25) is 0 Å². The van der Waals surface area contributed by atoms with Gasteiger partial charge in [0.1, 0.15) is 24.2 Å². The number of rotatable bonds is 1. The molecule has 3 heterocycles. The molecule has 3 aromatic rings. The molecule has 100 valence electrons. The van der Waals surface area contributed by atoms with Crippen molar-refractivity contribution in [1.29, 1.82) is 0 Å². The maximum absolute atomic E-state index is 5.92. The van der Waals surface area contributed by atoms with Crippen LogP contribution in [-0.4, -0.2) is 26.1 Å². The molecular formula is C14H12N4O2. The summed E-state index contributed by atoms with van der Waals surface area (Å²) < 4.78 is 13.6. The smallest absolute Gasteiger partial charge is 0.180 e. The number of para-hydroxylation sites is 1. The second-order valence-corrected chi connectivity index (χ2v) is 4.57. The van der Waals surface area contributed by atoms with Crippen molar-refractivity contribution < 1.29 is 9.47 Å². The van der Waals surface area contributed by atoms with Crippen LogP contribution in [0.15, 0.2) is 43.1 Å². The monoisotopic (exact) mass is 268 g/mol. The Balaban J connectivity index is 1.68. The summed E-state index contributed by atoms with van der Waals surface area (Å²) in [6, 6.07) is 7.90. The summed E-state index contributed by atoms with van der Waals surface area (Å²) in [4.78, 5) is 12.4. The van der Waals surface area contributed by atoms with Gasteiger partial charge in [0.25, 0.3) is 0 Å². The van der Waals surface area contributed by atoms with Crippen molar-refractivity contribution in [2.45, 2.75) is 12.8 Å². The van der Waals surface area contributed by atoms with E-state index in [1.807, 2.05) is 28.8 Å². The topological polar surface area (TPSA) is 62.1 Å². The minimum atomic E-state index is -0.238. The Bertz CT molecular complexity index is 729. The van der Waals surface area contributed by atoms with Gasteiger partial charge in [-0.1, -0.05) is 18.2 Å². The fraction of sp³-hybridized carbons (Fsp3) is 0.214. The maximum atomic E-state index is 5.92. The molecule has 0 fully saturated rings. The third kappa shape index (κ3) is 1.81. The highest BCUT2D eigenvalue weighted by Gasteiger charge is 2.20. The number of imidazole rings is 1. The first-order chi connectivity index (χ1) is 9.92. The van der Waals surface area contributed by atoms with E-state index in [0.29, 0.717) is 18.9 Å². The second kappa shape index (κ2) is 4.57. The average molecular weight is 268 g/mol. The number of ether oxygens (including phenoxy) is 2. The molecule has 4 rings (SSSR count). The highest BCUT2D eigenvalue weighted by molar-refractivity contribution is 5.69. The summed E-state index contributed by atoms with van der Waals surface area (Å²) in [6.07, 6.45) is 4.69. The largest absolute Gasteiger partial charge is 0.488 e. The van der Waals surface area contributed by atoms with Gasteiger partial charge in [0.2, 0.25) is 0 Å². The normalized spacial score (nSPS) is 18.3.